The quantitative estimate of drug-likeness (QED) is 0.439. The molecular formula is C6H12IN3O. The summed E-state index contributed by atoms with van der Waals surface area (Å²) in [6.07, 6.45) is 1.02. The Morgan fingerprint density at radius 1 is 1.73 bits per heavy atom. The average Bonchev–Trinajstić information content (AvgIpc) is 2.37. The SMILES string of the molecule is O=C1NCCN1CCCNI. The molecule has 1 heterocycles. The Labute approximate surface area is 80.2 Å². The van der Waals surface area contributed by atoms with Gasteiger partial charge in [-0.25, -0.2) is 4.79 Å². The fraction of sp³-hybridized carbons (Fsp3) is 0.833. The van der Waals surface area contributed by atoms with Crippen LogP contribution in [0, 0.1) is 0 Å². The Kier molecular flexibility index (Phi) is 3.92. The molecule has 0 unspecified atom stereocenters. The van der Waals surface area contributed by atoms with Gasteiger partial charge in [-0.2, -0.15) is 0 Å². The van der Waals surface area contributed by atoms with Crippen LogP contribution in [0.1, 0.15) is 6.42 Å². The zero-order chi connectivity index (χ0) is 8.10. The highest BCUT2D eigenvalue weighted by Gasteiger charge is 2.17. The zero-order valence-corrected chi connectivity index (χ0v) is 8.43. The second-order valence-corrected chi connectivity index (χ2v) is 3.22. The van der Waals surface area contributed by atoms with E-state index in [-0.39, 0.29) is 6.03 Å². The molecule has 1 fully saturated rings. The predicted molar refractivity (Wildman–Crippen MR) is 51.6 cm³/mol. The molecule has 1 rings (SSSR count). The summed E-state index contributed by atoms with van der Waals surface area (Å²) < 4.78 is 3.02. The predicted octanol–water partition coefficient (Wildman–Crippen LogP) is 0.341. The van der Waals surface area contributed by atoms with Crippen LogP contribution in [0.3, 0.4) is 0 Å². The molecule has 64 valence electrons. The number of carbonyl (C=O) groups is 1. The smallest absolute Gasteiger partial charge is 0.317 e. The minimum Gasteiger partial charge on any atom is -0.336 e. The molecule has 0 aromatic carbocycles. The highest BCUT2D eigenvalue weighted by atomic mass is 127. The van der Waals surface area contributed by atoms with Gasteiger partial charge in [-0.1, -0.05) is 0 Å². The van der Waals surface area contributed by atoms with Gasteiger partial charge >= 0.3 is 6.03 Å². The van der Waals surface area contributed by atoms with E-state index in [1.54, 1.807) is 0 Å². The van der Waals surface area contributed by atoms with Crippen molar-refractivity contribution in [2.45, 2.75) is 6.42 Å². The maximum Gasteiger partial charge on any atom is 0.317 e. The van der Waals surface area contributed by atoms with E-state index in [1.807, 2.05) is 4.90 Å². The van der Waals surface area contributed by atoms with Gasteiger partial charge in [0.1, 0.15) is 0 Å². The van der Waals surface area contributed by atoms with E-state index in [4.69, 9.17) is 0 Å². The van der Waals surface area contributed by atoms with Gasteiger partial charge in [-0.3, -0.25) is 3.53 Å². The average molecular weight is 269 g/mol. The van der Waals surface area contributed by atoms with Crippen molar-refractivity contribution in [3.63, 3.8) is 0 Å². The van der Waals surface area contributed by atoms with Crippen molar-refractivity contribution in [2.75, 3.05) is 26.2 Å². The number of nitrogens with zero attached hydrogens (tertiary/aromatic N) is 1. The van der Waals surface area contributed by atoms with Gasteiger partial charge in [0.25, 0.3) is 0 Å². The number of urea groups is 1. The summed E-state index contributed by atoms with van der Waals surface area (Å²) in [7, 11) is 0. The largest absolute Gasteiger partial charge is 0.336 e. The molecule has 4 nitrogen and oxygen atoms in total. The third-order valence-corrected chi connectivity index (χ3v) is 2.18. The van der Waals surface area contributed by atoms with Gasteiger partial charge < -0.3 is 10.2 Å². The lowest BCUT2D eigenvalue weighted by atomic mass is 10.4. The second kappa shape index (κ2) is 4.76. The zero-order valence-electron chi connectivity index (χ0n) is 6.27. The number of amides is 2. The van der Waals surface area contributed by atoms with E-state index < -0.39 is 0 Å². The number of nitrogens with one attached hydrogen (secondary N) is 2. The Morgan fingerprint density at radius 3 is 3.09 bits per heavy atom. The molecule has 0 aromatic heterocycles. The van der Waals surface area contributed by atoms with Gasteiger partial charge in [-0.15, -0.1) is 0 Å². The molecule has 2 N–H and O–H groups in total. The molecule has 0 radical (unpaired) electrons. The van der Waals surface area contributed by atoms with Crippen LogP contribution in [-0.2, 0) is 0 Å². The van der Waals surface area contributed by atoms with E-state index in [0.717, 1.165) is 32.6 Å². The van der Waals surface area contributed by atoms with E-state index in [1.165, 1.54) is 0 Å². The first-order valence-corrected chi connectivity index (χ1v) is 4.79. The lowest BCUT2D eigenvalue weighted by Crippen LogP contribution is -2.30. The first kappa shape index (κ1) is 9.05. The Hall–Kier alpha value is -0.0400. The van der Waals surface area contributed by atoms with Crippen LogP contribution < -0.4 is 8.85 Å². The Bertz CT molecular complexity index is 142. The number of rotatable bonds is 4. The van der Waals surface area contributed by atoms with Gasteiger partial charge in [-0.05, 0) is 6.42 Å². The van der Waals surface area contributed by atoms with Crippen LogP contribution in [0.2, 0.25) is 0 Å². The summed E-state index contributed by atoms with van der Waals surface area (Å²) in [5.74, 6) is 0. The van der Waals surface area contributed by atoms with Crippen molar-refractivity contribution in [1.29, 1.82) is 0 Å². The minimum absolute atomic E-state index is 0.0819. The highest BCUT2D eigenvalue weighted by Crippen LogP contribution is 1.97. The molecule has 1 aliphatic rings. The van der Waals surface area contributed by atoms with E-state index in [0.29, 0.717) is 0 Å². The van der Waals surface area contributed by atoms with E-state index in [9.17, 15) is 4.79 Å². The van der Waals surface area contributed by atoms with Crippen molar-refractivity contribution < 1.29 is 4.79 Å². The summed E-state index contributed by atoms with van der Waals surface area (Å²) in [4.78, 5) is 12.8. The molecule has 11 heavy (non-hydrogen) atoms. The van der Waals surface area contributed by atoms with Crippen LogP contribution >= 0.6 is 22.9 Å². The monoisotopic (exact) mass is 269 g/mol. The first-order valence-electron chi connectivity index (χ1n) is 3.71. The lowest BCUT2D eigenvalue weighted by molar-refractivity contribution is 0.217. The molecule has 0 atom stereocenters. The number of hydrogen-bond acceptors (Lipinski definition) is 2. The fourth-order valence-electron chi connectivity index (χ4n) is 1.06. The van der Waals surface area contributed by atoms with Crippen molar-refractivity contribution in [3.8, 4) is 0 Å². The molecule has 5 heteroatoms. The number of carbonyl (C=O) groups excluding carboxylic acids is 1. The van der Waals surface area contributed by atoms with Crippen LogP contribution in [0.15, 0.2) is 0 Å². The van der Waals surface area contributed by atoms with Crippen LogP contribution in [-0.4, -0.2) is 37.1 Å². The molecule has 0 spiro atoms. The molecule has 0 aliphatic carbocycles. The van der Waals surface area contributed by atoms with E-state index >= 15 is 0 Å². The summed E-state index contributed by atoms with van der Waals surface area (Å²) in [6, 6.07) is 0.0819. The third kappa shape index (κ3) is 2.82. The molecule has 0 bridgehead atoms. The molecule has 0 aromatic rings. The van der Waals surface area contributed by atoms with Crippen molar-refractivity contribution in [3.05, 3.63) is 0 Å². The standard InChI is InChI=1S/C6H12IN3O/c7-9-2-1-4-10-5-3-8-6(10)11/h9H,1-5H2,(H,8,11). The van der Waals surface area contributed by atoms with Crippen LogP contribution in [0.25, 0.3) is 0 Å². The van der Waals surface area contributed by atoms with Crippen molar-refractivity contribution in [2.24, 2.45) is 0 Å². The van der Waals surface area contributed by atoms with Crippen LogP contribution in [0.5, 0.6) is 0 Å². The van der Waals surface area contributed by atoms with Crippen molar-refractivity contribution in [1.82, 2.24) is 13.7 Å². The lowest BCUT2D eigenvalue weighted by Gasteiger charge is -2.12. The molecule has 0 saturated carbocycles. The first-order chi connectivity index (χ1) is 5.34. The Balaban J connectivity index is 2.10. The van der Waals surface area contributed by atoms with Gasteiger partial charge in [0.2, 0.25) is 0 Å². The summed E-state index contributed by atoms with van der Waals surface area (Å²) in [6.45, 7) is 3.49. The van der Waals surface area contributed by atoms with Gasteiger partial charge in [0, 0.05) is 49.0 Å². The molecule has 2 amide bonds. The maximum atomic E-state index is 11.0. The second-order valence-electron chi connectivity index (χ2n) is 2.46. The highest BCUT2D eigenvalue weighted by molar-refractivity contribution is 14.1. The summed E-state index contributed by atoms with van der Waals surface area (Å²) in [5, 5.41) is 2.76. The Morgan fingerprint density at radius 2 is 2.55 bits per heavy atom. The van der Waals surface area contributed by atoms with Gasteiger partial charge in [0.05, 0.1) is 0 Å². The van der Waals surface area contributed by atoms with Crippen molar-refractivity contribution >= 4 is 28.9 Å². The van der Waals surface area contributed by atoms with Crippen LogP contribution in [0.4, 0.5) is 4.79 Å². The maximum absolute atomic E-state index is 11.0. The molecule has 1 saturated heterocycles. The summed E-state index contributed by atoms with van der Waals surface area (Å²) >= 11 is 2.11. The topological polar surface area (TPSA) is 44.4 Å². The fourth-order valence-corrected chi connectivity index (χ4v) is 1.44. The van der Waals surface area contributed by atoms with Gasteiger partial charge in [0.15, 0.2) is 0 Å². The number of halogens is 1. The normalized spacial score (nSPS) is 17.2. The molecule has 1 aliphatic heterocycles. The summed E-state index contributed by atoms with van der Waals surface area (Å²) in [5.41, 5.74) is 0. The third-order valence-electron chi connectivity index (χ3n) is 1.64. The molecular weight excluding hydrogens is 257 g/mol. The van der Waals surface area contributed by atoms with E-state index in [2.05, 4.69) is 31.7 Å². The number of hydrogen-bond donors (Lipinski definition) is 2. The minimum atomic E-state index is 0.0819.